The molecule has 0 heterocycles. The van der Waals surface area contributed by atoms with Crippen molar-refractivity contribution in [1.82, 2.24) is 0 Å². The van der Waals surface area contributed by atoms with Crippen molar-refractivity contribution in [1.29, 1.82) is 0 Å². The maximum atomic E-state index is 10.7. The molecule has 0 spiro atoms. The number of carbonyl (C=O) groups excluding carboxylic acids is 2. The molecule has 20 heavy (non-hydrogen) atoms. The van der Waals surface area contributed by atoms with Crippen molar-refractivity contribution < 1.29 is 9.59 Å². The summed E-state index contributed by atoms with van der Waals surface area (Å²) < 4.78 is 0. The van der Waals surface area contributed by atoms with Crippen molar-refractivity contribution in [3.8, 4) is 0 Å². The predicted octanol–water partition coefficient (Wildman–Crippen LogP) is 3.03. The molecule has 0 N–H and O–H groups in total. The minimum atomic E-state index is -1.27. The van der Waals surface area contributed by atoms with Crippen molar-refractivity contribution in [3.05, 3.63) is 54.1 Å². The third-order valence-electron chi connectivity index (χ3n) is 3.50. The highest BCUT2D eigenvalue weighted by Crippen LogP contribution is 2.43. The summed E-state index contributed by atoms with van der Waals surface area (Å²) in [6, 6.07) is 9.83. The van der Waals surface area contributed by atoms with Gasteiger partial charge in [-0.15, -0.1) is 0 Å². The number of rotatable bonds is 3. The Morgan fingerprint density at radius 3 is 2.10 bits per heavy atom. The van der Waals surface area contributed by atoms with Crippen molar-refractivity contribution in [2.24, 2.45) is 15.4 Å². The minimum Gasteiger partial charge on any atom is -0.211 e. The predicted molar refractivity (Wildman–Crippen MR) is 76.3 cm³/mol. The average molecular weight is 266 g/mol. The van der Waals surface area contributed by atoms with E-state index in [9.17, 15) is 9.59 Å². The minimum absolute atomic E-state index is 0.637. The maximum absolute atomic E-state index is 10.7. The van der Waals surface area contributed by atoms with Crippen LogP contribution in [0.2, 0.25) is 0 Å². The Balaban J connectivity index is 2.53. The van der Waals surface area contributed by atoms with Crippen LogP contribution in [0.4, 0.5) is 0 Å². The molecule has 0 unspecified atom stereocenters. The Kier molecular flexibility index (Phi) is 3.62. The van der Waals surface area contributed by atoms with Crippen LogP contribution in [0.5, 0.6) is 0 Å². The fraction of sp³-hybridized carbons (Fsp3) is 0.250. The lowest BCUT2D eigenvalue weighted by Crippen LogP contribution is -2.39. The number of isocyanates is 2. The fourth-order valence-electron chi connectivity index (χ4n) is 2.30. The van der Waals surface area contributed by atoms with Crippen LogP contribution in [0.15, 0.2) is 58.5 Å². The van der Waals surface area contributed by atoms with E-state index < -0.39 is 11.1 Å². The molecule has 0 aromatic heterocycles. The molecule has 1 aromatic carbocycles. The van der Waals surface area contributed by atoms with E-state index >= 15 is 0 Å². The van der Waals surface area contributed by atoms with Crippen molar-refractivity contribution in [2.45, 2.75) is 19.5 Å². The SMILES string of the molecule is CC1(C)C=C(c2ccccc2)C=CC1(N=C=O)N=C=O. The van der Waals surface area contributed by atoms with Gasteiger partial charge in [-0.2, -0.15) is 9.98 Å². The van der Waals surface area contributed by atoms with Gasteiger partial charge in [0.1, 0.15) is 0 Å². The van der Waals surface area contributed by atoms with Crippen molar-refractivity contribution in [2.75, 3.05) is 0 Å². The first-order valence-electron chi connectivity index (χ1n) is 6.20. The monoisotopic (exact) mass is 266 g/mol. The zero-order valence-electron chi connectivity index (χ0n) is 11.3. The normalized spacial score (nSPS) is 23.2. The molecule has 1 aromatic rings. The van der Waals surface area contributed by atoms with Gasteiger partial charge in [0.05, 0.1) is 0 Å². The third kappa shape index (κ3) is 2.30. The van der Waals surface area contributed by atoms with Gasteiger partial charge in [0.15, 0.2) is 0 Å². The van der Waals surface area contributed by atoms with Gasteiger partial charge in [0, 0.05) is 5.41 Å². The fourth-order valence-corrected chi connectivity index (χ4v) is 2.30. The highest BCUT2D eigenvalue weighted by molar-refractivity contribution is 5.76. The van der Waals surface area contributed by atoms with Crippen molar-refractivity contribution >= 4 is 17.7 Å². The van der Waals surface area contributed by atoms with Gasteiger partial charge < -0.3 is 0 Å². The quantitative estimate of drug-likeness (QED) is 0.623. The zero-order chi connectivity index (χ0) is 14.6. The van der Waals surface area contributed by atoms with Gasteiger partial charge in [-0.1, -0.05) is 56.3 Å². The van der Waals surface area contributed by atoms with E-state index in [0.717, 1.165) is 11.1 Å². The number of aliphatic imine (C=N–C) groups is 2. The summed E-state index contributed by atoms with van der Waals surface area (Å²) in [5.74, 6) is 0. The van der Waals surface area contributed by atoms with E-state index in [1.807, 2.05) is 56.3 Å². The number of benzene rings is 1. The molecule has 1 aliphatic rings. The molecule has 0 bridgehead atoms. The molecule has 1 aliphatic carbocycles. The van der Waals surface area contributed by atoms with Gasteiger partial charge in [0.2, 0.25) is 17.8 Å². The molecule has 100 valence electrons. The van der Waals surface area contributed by atoms with Gasteiger partial charge in [-0.05, 0) is 17.2 Å². The topological polar surface area (TPSA) is 58.9 Å². The second-order valence-corrected chi connectivity index (χ2v) is 5.15. The summed E-state index contributed by atoms with van der Waals surface area (Å²) in [7, 11) is 0. The Bertz CT molecular complexity index is 641. The average Bonchev–Trinajstić information content (AvgIpc) is 2.43. The van der Waals surface area contributed by atoms with E-state index in [2.05, 4.69) is 9.98 Å². The van der Waals surface area contributed by atoms with Crippen LogP contribution in [0.25, 0.3) is 5.57 Å². The lowest BCUT2D eigenvalue weighted by molar-refractivity contribution is 0.293. The van der Waals surface area contributed by atoms with E-state index in [0.29, 0.717) is 0 Å². The van der Waals surface area contributed by atoms with E-state index in [1.165, 1.54) is 12.2 Å². The first-order chi connectivity index (χ1) is 9.54. The molecule has 4 heteroatoms. The Hall–Kier alpha value is -2.54. The first kappa shape index (κ1) is 13.9. The maximum Gasteiger partial charge on any atom is 0.237 e. The molecular formula is C16H14N2O2. The first-order valence-corrected chi connectivity index (χ1v) is 6.20. The standard InChI is InChI=1S/C16H14N2O2/c1-15(2)10-14(13-6-4-3-5-7-13)8-9-16(15,17-11-19)18-12-20/h3-10H,1-2H3. The molecule has 0 amide bonds. The van der Waals surface area contributed by atoms with Crippen LogP contribution in [0.3, 0.4) is 0 Å². The molecule has 4 nitrogen and oxygen atoms in total. The smallest absolute Gasteiger partial charge is 0.211 e. The summed E-state index contributed by atoms with van der Waals surface area (Å²) in [4.78, 5) is 28.8. The van der Waals surface area contributed by atoms with Gasteiger partial charge in [0.25, 0.3) is 0 Å². The molecule has 0 aliphatic heterocycles. The number of hydrogen-bond acceptors (Lipinski definition) is 4. The van der Waals surface area contributed by atoms with E-state index in [4.69, 9.17) is 0 Å². The Morgan fingerprint density at radius 1 is 1.00 bits per heavy atom. The second kappa shape index (κ2) is 5.22. The molecule has 0 saturated heterocycles. The number of nitrogens with zero attached hydrogens (tertiary/aromatic N) is 2. The van der Waals surface area contributed by atoms with Crippen LogP contribution < -0.4 is 0 Å². The number of hydrogen-bond donors (Lipinski definition) is 0. The zero-order valence-corrected chi connectivity index (χ0v) is 11.3. The summed E-state index contributed by atoms with van der Waals surface area (Å²) in [6.07, 6.45) is 8.39. The van der Waals surface area contributed by atoms with Crippen LogP contribution in [-0.4, -0.2) is 17.8 Å². The summed E-state index contributed by atoms with van der Waals surface area (Å²) in [5.41, 5.74) is 0.139. The van der Waals surface area contributed by atoms with Crippen molar-refractivity contribution in [3.63, 3.8) is 0 Å². The van der Waals surface area contributed by atoms with Crippen LogP contribution in [0, 0.1) is 5.41 Å². The third-order valence-corrected chi connectivity index (χ3v) is 3.50. The Labute approximate surface area is 117 Å². The number of allylic oxidation sites excluding steroid dienone is 2. The van der Waals surface area contributed by atoms with Crippen LogP contribution >= 0.6 is 0 Å². The molecular weight excluding hydrogens is 252 g/mol. The van der Waals surface area contributed by atoms with Crippen LogP contribution in [0.1, 0.15) is 19.4 Å². The van der Waals surface area contributed by atoms with Gasteiger partial charge in [-0.3, -0.25) is 0 Å². The Morgan fingerprint density at radius 2 is 1.60 bits per heavy atom. The van der Waals surface area contributed by atoms with Crippen LogP contribution in [-0.2, 0) is 9.59 Å². The molecule has 0 atom stereocenters. The summed E-state index contributed by atoms with van der Waals surface area (Å²) >= 11 is 0. The molecule has 0 radical (unpaired) electrons. The molecule has 0 saturated carbocycles. The lowest BCUT2D eigenvalue weighted by Gasteiger charge is -2.37. The lowest BCUT2D eigenvalue weighted by atomic mass is 9.73. The molecule has 0 fully saturated rings. The highest BCUT2D eigenvalue weighted by Gasteiger charge is 2.44. The second-order valence-electron chi connectivity index (χ2n) is 5.15. The summed E-state index contributed by atoms with van der Waals surface area (Å²) in [6.45, 7) is 3.72. The van der Waals surface area contributed by atoms with Gasteiger partial charge in [-0.25, -0.2) is 9.59 Å². The summed E-state index contributed by atoms with van der Waals surface area (Å²) in [5, 5.41) is 0. The van der Waals surface area contributed by atoms with Gasteiger partial charge >= 0.3 is 0 Å². The van der Waals surface area contributed by atoms with E-state index in [1.54, 1.807) is 6.08 Å². The highest BCUT2D eigenvalue weighted by atomic mass is 16.1. The van der Waals surface area contributed by atoms with E-state index in [-0.39, 0.29) is 0 Å². The molecule has 2 rings (SSSR count). The largest absolute Gasteiger partial charge is 0.237 e.